The van der Waals surface area contributed by atoms with Gasteiger partial charge in [-0.05, 0) is 18.2 Å². The molecule has 1 aliphatic heterocycles. The van der Waals surface area contributed by atoms with Gasteiger partial charge in [0.05, 0.1) is 17.9 Å². The van der Waals surface area contributed by atoms with Gasteiger partial charge in [0.2, 0.25) is 0 Å². The van der Waals surface area contributed by atoms with Crippen LogP contribution < -0.4 is 10.6 Å². The number of rotatable bonds is 2. The van der Waals surface area contributed by atoms with E-state index in [9.17, 15) is 10.1 Å². The summed E-state index contributed by atoms with van der Waals surface area (Å²) in [6.07, 6.45) is 1.35. The molecule has 1 saturated heterocycles. The van der Waals surface area contributed by atoms with Gasteiger partial charge in [0.15, 0.2) is 5.82 Å². The van der Waals surface area contributed by atoms with Crippen LogP contribution in [-0.2, 0) is 9.53 Å². The van der Waals surface area contributed by atoms with Gasteiger partial charge < -0.3 is 15.4 Å². The Kier molecular flexibility index (Phi) is 3.56. The fraction of sp³-hybridized carbons (Fsp3) is 0.176. The van der Waals surface area contributed by atoms with E-state index in [-0.39, 0.29) is 18.3 Å². The molecular weight excluding hydrogens is 320 g/mol. The summed E-state index contributed by atoms with van der Waals surface area (Å²) in [5.74, 6) is 0.171. The van der Waals surface area contributed by atoms with Crippen LogP contribution in [0.1, 0.15) is 5.56 Å². The zero-order chi connectivity index (χ0) is 17.4. The molecule has 0 radical (unpaired) electrons. The topological polar surface area (TPSA) is 110 Å². The van der Waals surface area contributed by atoms with Crippen LogP contribution in [0.5, 0.6) is 0 Å². The molecule has 1 aliphatic rings. The zero-order valence-corrected chi connectivity index (χ0v) is 13.2. The largest absolute Gasteiger partial charge is 0.382 e. The molecule has 0 saturated carbocycles. The number of nitriles is 1. The van der Waals surface area contributed by atoms with Gasteiger partial charge in [-0.25, -0.2) is 9.50 Å². The molecule has 0 spiro atoms. The number of nitrogens with two attached hydrogens (primary N) is 1. The van der Waals surface area contributed by atoms with E-state index in [2.05, 4.69) is 16.2 Å². The Bertz CT molecular complexity index is 1020. The van der Waals surface area contributed by atoms with Gasteiger partial charge in [-0.2, -0.15) is 10.4 Å². The molecule has 0 atom stereocenters. The number of benzene rings is 1. The third-order valence-corrected chi connectivity index (χ3v) is 4.14. The standard InChI is InChI=1S/C17H14N6O2/c18-8-12-7-14(23-16(12)17(19)20-10-21-23)11-2-1-3-13(6-11)22-4-5-25-9-15(22)24/h1-3,6-7,10H,4-5,9H2,(H2,19,20,21). The van der Waals surface area contributed by atoms with Gasteiger partial charge in [-0.3, -0.25) is 4.79 Å². The fourth-order valence-electron chi connectivity index (χ4n) is 2.98. The minimum atomic E-state index is -0.0762. The van der Waals surface area contributed by atoms with E-state index < -0.39 is 0 Å². The molecule has 0 bridgehead atoms. The van der Waals surface area contributed by atoms with Crippen LogP contribution in [0.2, 0.25) is 0 Å². The number of amides is 1. The minimum Gasteiger partial charge on any atom is -0.382 e. The Balaban J connectivity index is 1.85. The number of carbonyl (C=O) groups is 1. The molecule has 1 amide bonds. The van der Waals surface area contributed by atoms with E-state index in [1.165, 1.54) is 6.33 Å². The molecule has 3 aromatic rings. The first kappa shape index (κ1) is 15.1. The molecule has 2 aromatic heterocycles. The third kappa shape index (κ3) is 2.47. The second kappa shape index (κ2) is 5.89. The number of morpholine rings is 1. The Morgan fingerprint density at radius 3 is 3.00 bits per heavy atom. The number of aromatic nitrogens is 3. The number of anilines is 2. The molecule has 8 heteroatoms. The van der Waals surface area contributed by atoms with E-state index in [0.29, 0.717) is 29.9 Å². The average Bonchev–Trinajstić information content (AvgIpc) is 3.02. The SMILES string of the molecule is N#Cc1cc(-c2cccc(N3CCOCC3=O)c2)n2ncnc(N)c12. The molecule has 25 heavy (non-hydrogen) atoms. The highest BCUT2D eigenvalue weighted by atomic mass is 16.5. The maximum atomic E-state index is 12.1. The zero-order valence-electron chi connectivity index (χ0n) is 13.2. The summed E-state index contributed by atoms with van der Waals surface area (Å²) in [5.41, 5.74) is 9.10. The predicted molar refractivity (Wildman–Crippen MR) is 90.7 cm³/mol. The van der Waals surface area contributed by atoms with Crippen LogP contribution >= 0.6 is 0 Å². The summed E-state index contributed by atoms with van der Waals surface area (Å²) in [5, 5.41) is 13.6. The second-order valence-corrected chi connectivity index (χ2v) is 5.61. The summed E-state index contributed by atoms with van der Waals surface area (Å²) in [6, 6.07) is 11.4. The van der Waals surface area contributed by atoms with Crippen molar-refractivity contribution in [1.29, 1.82) is 5.26 Å². The van der Waals surface area contributed by atoms with Crippen LogP contribution in [0, 0.1) is 11.3 Å². The van der Waals surface area contributed by atoms with E-state index in [1.54, 1.807) is 15.5 Å². The highest BCUT2D eigenvalue weighted by Gasteiger charge is 2.21. The summed E-state index contributed by atoms with van der Waals surface area (Å²) in [7, 11) is 0. The van der Waals surface area contributed by atoms with Crippen molar-refractivity contribution in [2.75, 3.05) is 30.4 Å². The van der Waals surface area contributed by atoms with Crippen molar-refractivity contribution >= 4 is 22.9 Å². The lowest BCUT2D eigenvalue weighted by molar-refractivity contribution is -0.125. The van der Waals surface area contributed by atoms with Gasteiger partial charge in [0.25, 0.3) is 5.91 Å². The Hall–Kier alpha value is -3.44. The third-order valence-electron chi connectivity index (χ3n) is 4.14. The van der Waals surface area contributed by atoms with Gasteiger partial charge in [0.1, 0.15) is 24.5 Å². The first-order chi connectivity index (χ1) is 12.2. The highest BCUT2D eigenvalue weighted by molar-refractivity contribution is 5.95. The summed E-state index contributed by atoms with van der Waals surface area (Å²) < 4.78 is 6.77. The van der Waals surface area contributed by atoms with Crippen LogP contribution in [0.15, 0.2) is 36.7 Å². The Morgan fingerprint density at radius 1 is 1.32 bits per heavy atom. The number of fused-ring (bicyclic) bond motifs is 1. The van der Waals surface area contributed by atoms with Crippen LogP contribution in [0.25, 0.3) is 16.8 Å². The quantitative estimate of drug-likeness (QED) is 0.754. The molecule has 3 heterocycles. The number of hydrogen-bond donors (Lipinski definition) is 1. The normalized spacial score (nSPS) is 14.7. The van der Waals surface area contributed by atoms with E-state index in [4.69, 9.17) is 10.5 Å². The van der Waals surface area contributed by atoms with E-state index in [1.807, 2.05) is 24.3 Å². The first-order valence-corrected chi connectivity index (χ1v) is 7.70. The summed E-state index contributed by atoms with van der Waals surface area (Å²) >= 11 is 0. The number of ether oxygens (including phenoxy) is 1. The number of hydrogen-bond acceptors (Lipinski definition) is 6. The smallest absolute Gasteiger partial charge is 0.253 e. The van der Waals surface area contributed by atoms with Crippen molar-refractivity contribution in [3.63, 3.8) is 0 Å². The maximum Gasteiger partial charge on any atom is 0.253 e. The Labute approximate surface area is 143 Å². The maximum absolute atomic E-state index is 12.1. The average molecular weight is 334 g/mol. The predicted octanol–water partition coefficient (Wildman–Crippen LogP) is 1.21. The lowest BCUT2D eigenvalue weighted by Crippen LogP contribution is -2.41. The second-order valence-electron chi connectivity index (χ2n) is 5.61. The van der Waals surface area contributed by atoms with Gasteiger partial charge >= 0.3 is 0 Å². The number of carbonyl (C=O) groups excluding carboxylic acids is 1. The van der Waals surface area contributed by atoms with Crippen molar-refractivity contribution in [3.8, 4) is 17.3 Å². The van der Waals surface area contributed by atoms with Crippen molar-refractivity contribution < 1.29 is 9.53 Å². The molecule has 4 rings (SSSR count). The summed E-state index contributed by atoms with van der Waals surface area (Å²) in [4.78, 5) is 17.7. The molecule has 124 valence electrons. The van der Waals surface area contributed by atoms with Gasteiger partial charge in [-0.1, -0.05) is 12.1 Å². The van der Waals surface area contributed by atoms with Crippen LogP contribution in [0.3, 0.4) is 0 Å². The Morgan fingerprint density at radius 2 is 2.20 bits per heavy atom. The molecular formula is C17H14N6O2. The molecule has 1 aromatic carbocycles. The van der Waals surface area contributed by atoms with Crippen molar-refractivity contribution in [3.05, 3.63) is 42.2 Å². The van der Waals surface area contributed by atoms with E-state index in [0.717, 1.165) is 11.3 Å². The lowest BCUT2D eigenvalue weighted by atomic mass is 10.1. The minimum absolute atomic E-state index is 0.0762. The van der Waals surface area contributed by atoms with Gasteiger partial charge in [0, 0.05) is 17.8 Å². The molecule has 0 aliphatic carbocycles. The molecule has 0 unspecified atom stereocenters. The van der Waals surface area contributed by atoms with Crippen LogP contribution in [0.4, 0.5) is 11.5 Å². The highest BCUT2D eigenvalue weighted by Crippen LogP contribution is 2.30. The number of nitrogens with zero attached hydrogens (tertiary/aromatic N) is 5. The van der Waals surface area contributed by atoms with Gasteiger partial charge in [-0.15, -0.1) is 0 Å². The number of nitrogen functional groups attached to an aromatic ring is 1. The molecule has 1 fully saturated rings. The fourth-order valence-corrected chi connectivity index (χ4v) is 2.98. The van der Waals surface area contributed by atoms with Crippen molar-refractivity contribution in [2.45, 2.75) is 0 Å². The van der Waals surface area contributed by atoms with Crippen molar-refractivity contribution in [2.24, 2.45) is 0 Å². The van der Waals surface area contributed by atoms with Crippen molar-refractivity contribution in [1.82, 2.24) is 14.6 Å². The molecule has 8 nitrogen and oxygen atoms in total. The van der Waals surface area contributed by atoms with Crippen LogP contribution in [-0.4, -0.2) is 40.3 Å². The van der Waals surface area contributed by atoms with E-state index >= 15 is 0 Å². The lowest BCUT2D eigenvalue weighted by Gasteiger charge is -2.27. The molecule has 2 N–H and O–H groups in total. The summed E-state index contributed by atoms with van der Waals surface area (Å²) in [6.45, 7) is 1.10. The first-order valence-electron chi connectivity index (χ1n) is 7.70. The monoisotopic (exact) mass is 334 g/mol.